The molecule has 0 atom stereocenters. The molecule has 0 fully saturated rings. The minimum Gasteiger partial charge on any atom is -0.334 e. The second-order valence-electron chi connectivity index (χ2n) is 7.13. The van der Waals surface area contributed by atoms with Gasteiger partial charge >= 0.3 is 0 Å². The summed E-state index contributed by atoms with van der Waals surface area (Å²) in [7, 11) is 0. The lowest BCUT2D eigenvalue weighted by molar-refractivity contribution is 0.0735. The van der Waals surface area contributed by atoms with Gasteiger partial charge in [0.25, 0.3) is 11.8 Å². The van der Waals surface area contributed by atoms with Crippen LogP contribution in [0.1, 0.15) is 46.5 Å². The average molecular weight is 411 g/mol. The molecule has 3 aromatic rings. The molecule has 0 aliphatic carbocycles. The lowest BCUT2D eigenvalue weighted by Crippen LogP contribution is -2.35. The molecule has 2 amide bonds. The zero-order chi connectivity index (χ0) is 19.8. The number of hydrogen-bond donors (Lipinski definition) is 1. The number of hydrogen-bond acceptors (Lipinski definition) is 4. The number of aryl methyl sites for hydroxylation is 2. The van der Waals surface area contributed by atoms with E-state index < -0.39 is 0 Å². The Balaban J connectivity index is 1.55. The van der Waals surface area contributed by atoms with Crippen LogP contribution >= 0.6 is 22.7 Å². The van der Waals surface area contributed by atoms with Crippen molar-refractivity contribution in [2.45, 2.75) is 33.7 Å². The second kappa shape index (κ2) is 7.53. The summed E-state index contributed by atoms with van der Waals surface area (Å²) in [4.78, 5) is 30.9. The number of fused-ring (bicyclic) bond motifs is 1. The monoisotopic (exact) mass is 410 g/mol. The molecule has 4 nitrogen and oxygen atoms in total. The molecule has 0 saturated heterocycles. The van der Waals surface area contributed by atoms with Crippen molar-refractivity contribution in [2.75, 3.05) is 11.9 Å². The van der Waals surface area contributed by atoms with Crippen LogP contribution < -0.4 is 5.32 Å². The van der Waals surface area contributed by atoms with E-state index in [1.807, 2.05) is 49.9 Å². The van der Waals surface area contributed by atoms with Crippen molar-refractivity contribution in [2.24, 2.45) is 0 Å². The van der Waals surface area contributed by atoms with Crippen LogP contribution in [-0.4, -0.2) is 23.3 Å². The lowest BCUT2D eigenvalue weighted by Gasteiger charge is -2.28. The standard InChI is InChI=1S/C22H22N2O2S2/c1-13-11-20(28-15(13)3)21(25)23-18-6-4-5-17(14(18)2)22(26)24-9-7-19-16(12-24)8-10-27-19/h4-6,8,10-11H,7,9,12H2,1-3H3,(H,23,25). The van der Waals surface area contributed by atoms with Crippen molar-refractivity contribution in [3.05, 3.63) is 72.6 Å². The average Bonchev–Trinajstić information content (AvgIpc) is 3.28. The van der Waals surface area contributed by atoms with Gasteiger partial charge in [-0.3, -0.25) is 9.59 Å². The van der Waals surface area contributed by atoms with E-state index in [9.17, 15) is 9.59 Å². The number of nitrogens with one attached hydrogen (secondary N) is 1. The molecule has 1 N–H and O–H groups in total. The maximum Gasteiger partial charge on any atom is 0.265 e. The van der Waals surface area contributed by atoms with E-state index >= 15 is 0 Å². The van der Waals surface area contributed by atoms with Gasteiger partial charge in [-0.2, -0.15) is 0 Å². The van der Waals surface area contributed by atoms with E-state index in [4.69, 9.17) is 0 Å². The van der Waals surface area contributed by atoms with Crippen molar-refractivity contribution < 1.29 is 9.59 Å². The van der Waals surface area contributed by atoms with Gasteiger partial charge in [0.2, 0.25) is 0 Å². The Morgan fingerprint density at radius 1 is 1.14 bits per heavy atom. The van der Waals surface area contributed by atoms with Crippen molar-refractivity contribution >= 4 is 40.2 Å². The molecule has 28 heavy (non-hydrogen) atoms. The van der Waals surface area contributed by atoms with Crippen molar-refractivity contribution in [3.63, 3.8) is 0 Å². The van der Waals surface area contributed by atoms with E-state index in [2.05, 4.69) is 16.8 Å². The minimum atomic E-state index is -0.130. The lowest BCUT2D eigenvalue weighted by atomic mass is 10.0. The highest BCUT2D eigenvalue weighted by Crippen LogP contribution is 2.28. The van der Waals surface area contributed by atoms with Crippen LogP contribution in [0.4, 0.5) is 5.69 Å². The molecule has 4 rings (SSSR count). The van der Waals surface area contributed by atoms with Gasteiger partial charge in [0.05, 0.1) is 4.88 Å². The zero-order valence-electron chi connectivity index (χ0n) is 16.2. The Morgan fingerprint density at radius 3 is 2.71 bits per heavy atom. The topological polar surface area (TPSA) is 49.4 Å². The SMILES string of the molecule is Cc1cc(C(=O)Nc2cccc(C(=O)N3CCc4sccc4C3)c2C)sc1C. The van der Waals surface area contributed by atoms with Crippen LogP contribution in [0.2, 0.25) is 0 Å². The third-order valence-electron chi connectivity index (χ3n) is 5.30. The quantitative estimate of drug-likeness (QED) is 0.646. The fourth-order valence-electron chi connectivity index (χ4n) is 3.46. The van der Waals surface area contributed by atoms with E-state index in [1.54, 1.807) is 11.3 Å². The van der Waals surface area contributed by atoms with Gasteiger partial charge < -0.3 is 10.2 Å². The summed E-state index contributed by atoms with van der Waals surface area (Å²) in [6.07, 6.45) is 0.908. The summed E-state index contributed by atoms with van der Waals surface area (Å²) < 4.78 is 0. The van der Waals surface area contributed by atoms with E-state index in [0.717, 1.165) is 29.0 Å². The molecule has 144 valence electrons. The van der Waals surface area contributed by atoms with Crippen LogP contribution in [0.15, 0.2) is 35.7 Å². The highest BCUT2D eigenvalue weighted by Gasteiger charge is 2.24. The normalized spacial score (nSPS) is 13.3. The Hall–Kier alpha value is -2.44. The van der Waals surface area contributed by atoms with Gasteiger partial charge in [-0.1, -0.05) is 6.07 Å². The smallest absolute Gasteiger partial charge is 0.265 e. The van der Waals surface area contributed by atoms with E-state index in [1.165, 1.54) is 21.8 Å². The molecule has 0 unspecified atom stereocenters. The highest BCUT2D eigenvalue weighted by molar-refractivity contribution is 7.14. The first-order valence-corrected chi connectivity index (χ1v) is 11.0. The summed E-state index contributed by atoms with van der Waals surface area (Å²) >= 11 is 3.25. The summed E-state index contributed by atoms with van der Waals surface area (Å²) in [6, 6.07) is 9.54. The van der Waals surface area contributed by atoms with Gasteiger partial charge in [0.1, 0.15) is 0 Å². The number of nitrogens with zero attached hydrogens (tertiary/aromatic N) is 1. The summed E-state index contributed by atoms with van der Waals surface area (Å²) in [5.41, 5.74) is 4.51. The number of carbonyl (C=O) groups excluding carboxylic acids is 2. The molecular formula is C22H22N2O2S2. The third kappa shape index (κ3) is 3.50. The molecule has 3 heterocycles. The number of carbonyl (C=O) groups is 2. The molecule has 1 aliphatic heterocycles. The Kier molecular flexibility index (Phi) is 5.08. The molecule has 2 aromatic heterocycles. The van der Waals surface area contributed by atoms with Gasteiger partial charge in [0, 0.05) is 34.1 Å². The van der Waals surface area contributed by atoms with Gasteiger partial charge in [-0.05, 0) is 73.5 Å². The van der Waals surface area contributed by atoms with Crippen LogP contribution in [0.3, 0.4) is 0 Å². The first-order chi connectivity index (χ1) is 13.4. The first kappa shape index (κ1) is 18.9. The number of amides is 2. The maximum atomic E-state index is 13.1. The van der Waals surface area contributed by atoms with Crippen LogP contribution in [0.5, 0.6) is 0 Å². The second-order valence-corrected chi connectivity index (χ2v) is 9.38. The fraction of sp³-hybridized carbons (Fsp3) is 0.273. The third-order valence-corrected chi connectivity index (χ3v) is 7.47. The van der Waals surface area contributed by atoms with E-state index in [-0.39, 0.29) is 11.8 Å². The van der Waals surface area contributed by atoms with Gasteiger partial charge in [-0.25, -0.2) is 0 Å². The molecule has 0 spiro atoms. The van der Waals surface area contributed by atoms with Crippen molar-refractivity contribution in [1.82, 2.24) is 4.90 Å². The predicted molar refractivity (Wildman–Crippen MR) is 116 cm³/mol. The molecule has 0 radical (unpaired) electrons. The van der Waals surface area contributed by atoms with Crippen molar-refractivity contribution in [3.8, 4) is 0 Å². The van der Waals surface area contributed by atoms with Crippen LogP contribution in [0, 0.1) is 20.8 Å². The number of anilines is 1. The Labute approximate surface area is 172 Å². The molecule has 1 aromatic carbocycles. The summed E-state index contributed by atoms with van der Waals surface area (Å²) in [5.74, 6) is -0.108. The van der Waals surface area contributed by atoms with E-state index in [0.29, 0.717) is 22.7 Å². The summed E-state index contributed by atoms with van der Waals surface area (Å²) in [6.45, 7) is 7.30. The molecule has 0 bridgehead atoms. The fourth-order valence-corrected chi connectivity index (χ4v) is 5.28. The van der Waals surface area contributed by atoms with Gasteiger partial charge in [0.15, 0.2) is 0 Å². The zero-order valence-corrected chi connectivity index (χ0v) is 17.8. The van der Waals surface area contributed by atoms with Crippen LogP contribution in [-0.2, 0) is 13.0 Å². The minimum absolute atomic E-state index is 0.0215. The molecule has 0 saturated carbocycles. The summed E-state index contributed by atoms with van der Waals surface area (Å²) in [5, 5.41) is 5.07. The Morgan fingerprint density at radius 2 is 1.96 bits per heavy atom. The maximum absolute atomic E-state index is 13.1. The predicted octanol–water partition coefficient (Wildman–Crippen LogP) is 5.19. The van der Waals surface area contributed by atoms with Crippen LogP contribution in [0.25, 0.3) is 0 Å². The highest BCUT2D eigenvalue weighted by atomic mass is 32.1. The number of benzene rings is 1. The molecular weight excluding hydrogens is 388 g/mol. The first-order valence-electron chi connectivity index (χ1n) is 9.26. The Bertz CT molecular complexity index is 1040. The molecule has 6 heteroatoms. The van der Waals surface area contributed by atoms with Crippen molar-refractivity contribution in [1.29, 1.82) is 0 Å². The number of thiophene rings is 2. The molecule has 1 aliphatic rings. The number of rotatable bonds is 3. The van der Waals surface area contributed by atoms with Gasteiger partial charge in [-0.15, -0.1) is 22.7 Å². The largest absolute Gasteiger partial charge is 0.334 e.